The van der Waals surface area contributed by atoms with Crippen molar-refractivity contribution in [3.63, 3.8) is 0 Å². The van der Waals surface area contributed by atoms with Gasteiger partial charge >= 0.3 is 0 Å². The number of nitrogens with zero attached hydrogens (tertiary/aromatic N) is 5. The number of aromatic nitrogens is 3. The Morgan fingerprint density at radius 3 is 2.47 bits per heavy atom. The summed E-state index contributed by atoms with van der Waals surface area (Å²) in [5.41, 5.74) is 1.27. The van der Waals surface area contributed by atoms with Gasteiger partial charge in [-0.05, 0) is 37.6 Å². The number of rotatable bonds is 6. The topological polar surface area (TPSA) is 91.3 Å². The summed E-state index contributed by atoms with van der Waals surface area (Å²) < 4.78 is 40.9. The fourth-order valence-electron chi connectivity index (χ4n) is 3.61. The highest BCUT2D eigenvalue weighted by atomic mass is 32.2. The van der Waals surface area contributed by atoms with E-state index in [9.17, 15) is 12.8 Å². The molecule has 3 heterocycles. The predicted molar refractivity (Wildman–Crippen MR) is 122 cm³/mol. The van der Waals surface area contributed by atoms with Crippen molar-refractivity contribution in [2.45, 2.75) is 19.6 Å². The van der Waals surface area contributed by atoms with Crippen LogP contribution in [0.3, 0.4) is 0 Å². The van der Waals surface area contributed by atoms with E-state index in [2.05, 4.69) is 20.3 Å². The van der Waals surface area contributed by atoms with Gasteiger partial charge in [0.25, 0.3) is 0 Å². The summed E-state index contributed by atoms with van der Waals surface area (Å²) in [5.74, 6) is 1.79. The van der Waals surface area contributed by atoms with E-state index in [1.54, 1.807) is 18.3 Å². The zero-order valence-electron chi connectivity index (χ0n) is 18.0. The number of hydrogen-bond donors (Lipinski definition) is 1. The van der Waals surface area contributed by atoms with E-state index in [0.29, 0.717) is 43.6 Å². The summed E-state index contributed by atoms with van der Waals surface area (Å²) in [6.45, 7) is 5.38. The molecule has 32 heavy (non-hydrogen) atoms. The molecular weight excluding hydrogens is 431 g/mol. The third kappa shape index (κ3) is 5.20. The molecule has 0 spiro atoms. The normalized spacial score (nSPS) is 15.0. The van der Waals surface area contributed by atoms with E-state index in [0.717, 1.165) is 11.4 Å². The van der Waals surface area contributed by atoms with Gasteiger partial charge in [0.15, 0.2) is 0 Å². The molecule has 1 N–H and O–H groups in total. The number of aryl methyl sites for hydroxylation is 2. The van der Waals surface area contributed by atoms with Crippen molar-refractivity contribution in [2.75, 3.05) is 36.4 Å². The highest BCUT2D eigenvalue weighted by Gasteiger charge is 2.28. The van der Waals surface area contributed by atoms with Gasteiger partial charge in [-0.15, -0.1) is 0 Å². The van der Waals surface area contributed by atoms with Crippen LogP contribution in [-0.4, -0.2) is 53.9 Å². The average Bonchev–Trinajstić information content (AvgIpc) is 2.75. The Hall–Kier alpha value is -3.11. The maximum absolute atomic E-state index is 13.9. The molecule has 4 rings (SSSR count). The van der Waals surface area contributed by atoms with E-state index in [1.807, 2.05) is 36.9 Å². The van der Waals surface area contributed by atoms with E-state index < -0.39 is 15.8 Å². The third-order valence-electron chi connectivity index (χ3n) is 5.25. The number of anilines is 3. The maximum Gasteiger partial charge on any atom is 0.218 e. The Balaban J connectivity index is 1.44. The summed E-state index contributed by atoms with van der Waals surface area (Å²) in [4.78, 5) is 15.3. The van der Waals surface area contributed by atoms with E-state index in [-0.39, 0.29) is 11.3 Å². The molecule has 168 valence electrons. The van der Waals surface area contributed by atoms with Gasteiger partial charge in [0.1, 0.15) is 29.1 Å². The number of pyridine rings is 1. The molecule has 1 aromatic carbocycles. The SMILES string of the molecule is Cc1ccnc(Nc2cc(N3CCN(S(=O)(=O)Cc4ccccc4F)CC3)nc(C)n2)c1. The van der Waals surface area contributed by atoms with Crippen LogP contribution < -0.4 is 10.2 Å². The highest BCUT2D eigenvalue weighted by Crippen LogP contribution is 2.22. The number of sulfonamides is 1. The molecule has 0 radical (unpaired) electrons. The molecule has 1 saturated heterocycles. The number of halogens is 1. The lowest BCUT2D eigenvalue weighted by Crippen LogP contribution is -2.49. The average molecular weight is 457 g/mol. The van der Waals surface area contributed by atoms with Crippen molar-refractivity contribution < 1.29 is 12.8 Å². The largest absolute Gasteiger partial charge is 0.354 e. The summed E-state index contributed by atoms with van der Waals surface area (Å²) in [6, 6.07) is 11.6. The van der Waals surface area contributed by atoms with Crippen LogP contribution in [0.5, 0.6) is 0 Å². The van der Waals surface area contributed by atoms with E-state index in [4.69, 9.17) is 0 Å². The van der Waals surface area contributed by atoms with Crippen LogP contribution in [0.15, 0.2) is 48.7 Å². The second kappa shape index (κ2) is 9.17. The minimum Gasteiger partial charge on any atom is -0.354 e. The van der Waals surface area contributed by atoms with Crippen molar-refractivity contribution >= 4 is 27.5 Å². The zero-order chi connectivity index (χ0) is 22.7. The highest BCUT2D eigenvalue weighted by molar-refractivity contribution is 7.88. The molecule has 1 fully saturated rings. The molecule has 0 aliphatic carbocycles. The van der Waals surface area contributed by atoms with Crippen LogP contribution in [0.25, 0.3) is 0 Å². The molecule has 2 aromatic heterocycles. The van der Waals surface area contributed by atoms with Crippen LogP contribution in [0.2, 0.25) is 0 Å². The van der Waals surface area contributed by atoms with Gasteiger partial charge in [0.05, 0.1) is 5.75 Å². The quantitative estimate of drug-likeness (QED) is 0.610. The van der Waals surface area contributed by atoms with E-state index >= 15 is 0 Å². The predicted octanol–water partition coefficient (Wildman–Crippen LogP) is 3.02. The van der Waals surface area contributed by atoms with E-state index in [1.165, 1.54) is 16.4 Å². The van der Waals surface area contributed by atoms with Gasteiger partial charge < -0.3 is 10.2 Å². The fourth-order valence-corrected chi connectivity index (χ4v) is 5.14. The van der Waals surface area contributed by atoms with Crippen LogP contribution in [0.4, 0.5) is 21.8 Å². The molecule has 0 unspecified atom stereocenters. The molecule has 0 saturated carbocycles. The molecule has 1 aliphatic rings. The first-order valence-corrected chi connectivity index (χ1v) is 11.9. The fraction of sp³-hybridized carbons (Fsp3) is 0.318. The molecule has 0 amide bonds. The number of nitrogens with one attached hydrogen (secondary N) is 1. The first kappa shape index (κ1) is 22.1. The smallest absolute Gasteiger partial charge is 0.218 e. The van der Waals surface area contributed by atoms with Crippen molar-refractivity contribution in [1.82, 2.24) is 19.3 Å². The van der Waals surface area contributed by atoms with Gasteiger partial charge in [-0.3, -0.25) is 0 Å². The van der Waals surface area contributed by atoms with Crippen LogP contribution in [0, 0.1) is 19.7 Å². The molecular formula is C22H25FN6O2S. The molecule has 10 heteroatoms. The van der Waals surface area contributed by atoms with Crippen LogP contribution in [0.1, 0.15) is 17.0 Å². The Morgan fingerprint density at radius 2 is 1.75 bits per heavy atom. The molecule has 0 atom stereocenters. The Kier molecular flexibility index (Phi) is 6.33. The van der Waals surface area contributed by atoms with Crippen molar-refractivity contribution in [3.05, 3.63) is 71.4 Å². The first-order valence-electron chi connectivity index (χ1n) is 10.3. The van der Waals surface area contributed by atoms with Gasteiger partial charge in [0, 0.05) is 44.0 Å². The third-order valence-corrected chi connectivity index (χ3v) is 7.08. The molecule has 8 nitrogen and oxygen atoms in total. The Morgan fingerprint density at radius 1 is 1.00 bits per heavy atom. The Labute approximate surface area is 187 Å². The van der Waals surface area contributed by atoms with Crippen molar-refractivity contribution in [1.29, 1.82) is 0 Å². The van der Waals surface area contributed by atoms with Gasteiger partial charge in [-0.2, -0.15) is 4.31 Å². The first-order chi connectivity index (χ1) is 15.3. The number of benzene rings is 1. The molecule has 3 aromatic rings. The molecule has 0 bridgehead atoms. The maximum atomic E-state index is 13.9. The number of hydrogen-bond acceptors (Lipinski definition) is 7. The standard InChI is InChI=1S/C22H25FN6O2S/c1-16-7-8-24-20(13-16)27-21-14-22(26-17(2)25-21)28-9-11-29(12-10-28)32(30,31)15-18-5-3-4-6-19(18)23/h3-8,13-14H,9-12,15H2,1-2H3,(H,24,25,26,27). The minimum atomic E-state index is -3.61. The lowest BCUT2D eigenvalue weighted by molar-refractivity contribution is 0.382. The number of piperazine rings is 1. The van der Waals surface area contributed by atoms with Crippen molar-refractivity contribution in [2.24, 2.45) is 0 Å². The van der Waals surface area contributed by atoms with Gasteiger partial charge in [0.2, 0.25) is 10.0 Å². The minimum absolute atomic E-state index is 0.182. The summed E-state index contributed by atoms with van der Waals surface area (Å²) in [5, 5.41) is 3.20. The van der Waals surface area contributed by atoms with Crippen LogP contribution in [-0.2, 0) is 15.8 Å². The Bertz CT molecular complexity index is 1210. The second-order valence-corrected chi connectivity index (χ2v) is 9.70. The summed E-state index contributed by atoms with van der Waals surface area (Å²) >= 11 is 0. The lowest BCUT2D eigenvalue weighted by Gasteiger charge is -2.34. The van der Waals surface area contributed by atoms with Crippen molar-refractivity contribution in [3.8, 4) is 0 Å². The van der Waals surface area contributed by atoms with Crippen LogP contribution >= 0.6 is 0 Å². The second-order valence-electron chi connectivity index (χ2n) is 7.74. The lowest BCUT2D eigenvalue weighted by atomic mass is 10.2. The molecule has 1 aliphatic heterocycles. The van der Waals surface area contributed by atoms with Gasteiger partial charge in [-0.1, -0.05) is 18.2 Å². The summed E-state index contributed by atoms with van der Waals surface area (Å²) in [7, 11) is -3.61. The summed E-state index contributed by atoms with van der Waals surface area (Å²) in [6.07, 6.45) is 1.73. The van der Waals surface area contributed by atoms with Gasteiger partial charge in [-0.25, -0.2) is 27.8 Å². The monoisotopic (exact) mass is 456 g/mol. The zero-order valence-corrected chi connectivity index (χ0v) is 18.8.